The second-order valence-corrected chi connectivity index (χ2v) is 7.25. The van der Waals surface area contributed by atoms with Crippen LogP contribution in [0.4, 0.5) is 10.5 Å². The number of hydroxylamine groups is 1. The Morgan fingerprint density at radius 3 is 2.54 bits per heavy atom. The van der Waals surface area contributed by atoms with E-state index in [0.29, 0.717) is 23.5 Å². The number of rotatable bonds is 5. The average Bonchev–Trinajstić information content (AvgIpc) is 3.46. The van der Waals surface area contributed by atoms with Crippen LogP contribution >= 0.6 is 22.6 Å². The molecule has 2 aliphatic rings. The van der Waals surface area contributed by atoms with Gasteiger partial charge in [-0.05, 0) is 40.8 Å². The van der Waals surface area contributed by atoms with Gasteiger partial charge in [-0.1, -0.05) is 6.58 Å². The summed E-state index contributed by atoms with van der Waals surface area (Å²) in [5.41, 5.74) is 0.890. The lowest BCUT2D eigenvalue weighted by molar-refractivity contribution is -0.208. The number of nitrogens with zero attached hydrogens (tertiary/aromatic N) is 2. The van der Waals surface area contributed by atoms with Gasteiger partial charge in [0.05, 0.1) is 48.7 Å². The molecule has 0 saturated carbocycles. The number of hydrogen-bond acceptors (Lipinski definition) is 8. The highest BCUT2D eigenvalue weighted by Crippen LogP contribution is 2.47. The van der Waals surface area contributed by atoms with E-state index in [0.717, 1.165) is 3.57 Å². The molecule has 0 aromatic heterocycles. The first kappa shape index (κ1) is 20.7. The fourth-order valence-corrected chi connectivity index (χ4v) is 4.21. The summed E-state index contributed by atoms with van der Waals surface area (Å²) in [6.45, 7) is 4.16. The second-order valence-electron chi connectivity index (χ2n) is 6.17. The molecule has 0 radical (unpaired) electrons. The molecule has 1 aromatic rings. The Morgan fingerprint density at radius 1 is 1.29 bits per heavy atom. The molecule has 0 N–H and O–H groups in total. The van der Waals surface area contributed by atoms with Gasteiger partial charge < -0.3 is 18.9 Å². The van der Waals surface area contributed by atoms with Crippen molar-refractivity contribution < 1.29 is 33.4 Å². The number of fused-ring (bicyclic) bond motifs is 1. The van der Waals surface area contributed by atoms with Gasteiger partial charge in [-0.2, -0.15) is 0 Å². The highest BCUT2D eigenvalue weighted by atomic mass is 127. The molecule has 152 valence electrons. The molecule has 2 saturated heterocycles. The highest BCUT2D eigenvalue weighted by molar-refractivity contribution is 14.1. The Bertz CT molecular complexity index is 817. The number of esters is 1. The Labute approximate surface area is 176 Å². The summed E-state index contributed by atoms with van der Waals surface area (Å²) in [5.74, 6) is -1.27. The number of benzene rings is 1. The van der Waals surface area contributed by atoms with Crippen molar-refractivity contribution in [1.82, 2.24) is 4.90 Å². The van der Waals surface area contributed by atoms with Crippen LogP contribution in [0.5, 0.6) is 5.75 Å². The lowest BCUT2D eigenvalue weighted by Crippen LogP contribution is -2.52. The summed E-state index contributed by atoms with van der Waals surface area (Å²) in [7, 11) is 5.62. The molecule has 0 spiro atoms. The van der Waals surface area contributed by atoms with Crippen molar-refractivity contribution in [2.24, 2.45) is 0 Å². The van der Waals surface area contributed by atoms with Gasteiger partial charge in [0.1, 0.15) is 11.8 Å². The molecule has 1 amide bonds. The van der Waals surface area contributed by atoms with Gasteiger partial charge in [-0.25, -0.2) is 19.5 Å². The minimum absolute atomic E-state index is 0.206. The van der Waals surface area contributed by atoms with Crippen LogP contribution in [-0.4, -0.2) is 69.8 Å². The number of carbonyl (C=O) groups is 2. The number of anilines is 1. The van der Waals surface area contributed by atoms with E-state index in [4.69, 9.17) is 23.8 Å². The number of halogens is 1. The third kappa shape index (κ3) is 3.18. The van der Waals surface area contributed by atoms with E-state index in [1.54, 1.807) is 22.1 Å². The van der Waals surface area contributed by atoms with Gasteiger partial charge in [-0.15, -0.1) is 0 Å². The van der Waals surface area contributed by atoms with Crippen LogP contribution in [0.2, 0.25) is 0 Å². The summed E-state index contributed by atoms with van der Waals surface area (Å²) >= 11 is 2.11. The second kappa shape index (κ2) is 7.76. The zero-order chi connectivity index (χ0) is 20.6. The minimum atomic E-state index is -1.26. The molecule has 3 rings (SSSR count). The average molecular weight is 504 g/mol. The lowest BCUT2D eigenvalue weighted by Gasteiger charge is -2.38. The number of ether oxygens (including phenoxy) is 4. The van der Waals surface area contributed by atoms with Gasteiger partial charge >= 0.3 is 12.1 Å². The first-order valence-electron chi connectivity index (χ1n) is 8.35. The van der Waals surface area contributed by atoms with E-state index in [9.17, 15) is 9.59 Å². The fourth-order valence-electron chi connectivity index (χ4n) is 3.41. The quantitative estimate of drug-likeness (QED) is 0.261. The molecule has 10 heteroatoms. The number of amides is 1. The Hall–Kier alpha value is -2.05. The smallest absolute Gasteiger partial charge is 0.410 e. The van der Waals surface area contributed by atoms with Crippen LogP contribution in [-0.2, 0) is 19.0 Å². The van der Waals surface area contributed by atoms with Gasteiger partial charge in [0, 0.05) is 7.11 Å². The van der Waals surface area contributed by atoms with Crippen LogP contribution in [0.25, 0.3) is 0 Å². The van der Waals surface area contributed by atoms with Crippen LogP contribution < -0.4 is 9.80 Å². The molecule has 3 atom stereocenters. The van der Waals surface area contributed by atoms with Crippen molar-refractivity contribution in [2.75, 3.05) is 40.0 Å². The molecular formula is C18H21IN2O7. The Morgan fingerprint density at radius 2 is 2.00 bits per heavy atom. The van der Waals surface area contributed by atoms with E-state index in [1.165, 1.54) is 34.5 Å². The minimum Gasteiger partial charge on any atom is -0.496 e. The van der Waals surface area contributed by atoms with E-state index < -0.39 is 17.8 Å². The van der Waals surface area contributed by atoms with Gasteiger partial charge in [0.25, 0.3) is 0 Å². The lowest BCUT2D eigenvalue weighted by atomic mass is 10.1. The first-order valence-corrected chi connectivity index (χ1v) is 9.42. The predicted molar refractivity (Wildman–Crippen MR) is 107 cm³/mol. The predicted octanol–water partition coefficient (Wildman–Crippen LogP) is 2.19. The zero-order valence-electron chi connectivity index (χ0n) is 15.9. The van der Waals surface area contributed by atoms with E-state index in [2.05, 4.69) is 29.2 Å². The molecule has 9 nitrogen and oxygen atoms in total. The topological polar surface area (TPSA) is 86.5 Å². The number of carbonyl (C=O) groups excluding carboxylic acids is 2. The number of hydrogen-bond donors (Lipinski definition) is 0. The normalized spacial score (nSPS) is 25.6. The van der Waals surface area contributed by atoms with Crippen LogP contribution in [0.1, 0.15) is 10.4 Å². The van der Waals surface area contributed by atoms with Crippen LogP contribution in [0.3, 0.4) is 0 Å². The Kier molecular flexibility index (Phi) is 5.73. The Balaban J connectivity index is 2.03. The summed E-state index contributed by atoms with van der Waals surface area (Å²) in [5, 5.41) is 1.58. The summed E-state index contributed by atoms with van der Waals surface area (Å²) in [6, 6.07) is 2.67. The molecule has 0 aliphatic carbocycles. The highest BCUT2D eigenvalue weighted by Gasteiger charge is 2.67. The van der Waals surface area contributed by atoms with Crippen molar-refractivity contribution in [2.45, 2.75) is 17.9 Å². The van der Waals surface area contributed by atoms with Crippen molar-refractivity contribution in [3.05, 3.63) is 33.9 Å². The fraction of sp³-hybridized carbons (Fsp3) is 0.444. The summed E-state index contributed by atoms with van der Waals surface area (Å²) in [6.07, 6.45) is 1.04. The number of methoxy groups -OCH3 is 4. The van der Waals surface area contributed by atoms with Crippen LogP contribution in [0.15, 0.2) is 24.8 Å². The molecule has 2 aliphatic heterocycles. The summed E-state index contributed by atoms with van der Waals surface area (Å²) < 4.78 is 21.4. The molecule has 28 heavy (non-hydrogen) atoms. The first-order chi connectivity index (χ1) is 13.4. The molecule has 2 fully saturated rings. The third-order valence-corrected chi connectivity index (χ3v) is 5.95. The summed E-state index contributed by atoms with van der Waals surface area (Å²) in [4.78, 5) is 31.8. The largest absolute Gasteiger partial charge is 0.496 e. The zero-order valence-corrected chi connectivity index (χ0v) is 18.1. The molecule has 0 bridgehead atoms. The standard InChI is InChI=1S/C18H21IN2O7/c1-6-18(27-5)15-12(21(15)17(23)26-4)9-20(28-18)11-7-10(16(22)25-3)8-13(24-2)14(11)19/h6-8,12,15H,1,9H2,2-5H3/t12-,15-,18+,21?/m0/s1. The van der Waals surface area contributed by atoms with Crippen LogP contribution in [0, 0.1) is 3.57 Å². The maximum absolute atomic E-state index is 12.1. The van der Waals surface area contributed by atoms with E-state index in [-0.39, 0.29) is 12.1 Å². The molecule has 0 unspecified atom stereocenters. The van der Waals surface area contributed by atoms with Crippen molar-refractivity contribution in [3.8, 4) is 5.75 Å². The van der Waals surface area contributed by atoms with Gasteiger partial charge in [-0.3, -0.25) is 4.90 Å². The van der Waals surface area contributed by atoms with Crippen molar-refractivity contribution in [1.29, 1.82) is 0 Å². The van der Waals surface area contributed by atoms with Crippen molar-refractivity contribution >= 4 is 40.3 Å². The maximum Gasteiger partial charge on any atom is 0.410 e. The van der Waals surface area contributed by atoms with Gasteiger partial charge in [0.15, 0.2) is 0 Å². The molecule has 1 aromatic carbocycles. The van der Waals surface area contributed by atoms with E-state index >= 15 is 0 Å². The monoisotopic (exact) mass is 504 g/mol. The third-order valence-electron chi connectivity index (χ3n) is 4.87. The van der Waals surface area contributed by atoms with E-state index in [1.807, 2.05) is 0 Å². The molecule has 2 heterocycles. The van der Waals surface area contributed by atoms with Gasteiger partial charge in [0.2, 0.25) is 5.79 Å². The van der Waals surface area contributed by atoms with Crippen molar-refractivity contribution in [3.63, 3.8) is 0 Å². The maximum atomic E-state index is 12.1. The molecular weight excluding hydrogens is 483 g/mol. The SMILES string of the molecule is C=C[C@@]1(OC)ON(c2cc(C(=O)OC)cc(OC)c2I)C[C@H]2[C@@H]1N2C(=O)OC.